The molecule has 0 spiro atoms. The third-order valence-corrected chi connectivity index (χ3v) is 20.5. The fourth-order valence-corrected chi connectivity index (χ4v) is 18.8. The van der Waals surface area contributed by atoms with Crippen LogP contribution in [0.1, 0.15) is 82.6 Å². The molecule has 2 atom stereocenters. The number of unbranched alkanes of at least 4 members (excludes halogenated alkanes) is 2. The molecule has 3 aromatic rings. The van der Waals surface area contributed by atoms with Crippen LogP contribution in [-0.2, 0) is 16.6 Å². The zero-order chi connectivity index (χ0) is 29.4. The van der Waals surface area contributed by atoms with Crippen LogP contribution in [0.5, 0.6) is 5.75 Å². The molecule has 2 aliphatic rings. The van der Waals surface area contributed by atoms with Crippen molar-refractivity contribution >= 4 is 11.6 Å². The Bertz CT molecular complexity index is 1450. The molecular formula is C38H47ClOTi. The van der Waals surface area contributed by atoms with Gasteiger partial charge in [0.15, 0.2) is 0 Å². The fourth-order valence-electron chi connectivity index (χ4n) is 7.65. The molecule has 1 nitrogen and oxygen atoms in total. The Balaban J connectivity index is 1.90. The van der Waals surface area contributed by atoms with E-state index in [1.54, 1.807) is 0 Å². The van der Waals surface area contributed by atoms with Gasteiger partial charge in [0.25, 0.3) is 0 Å². The van der Waals surface area contributed by atoms with Gasteiger partial charge < -0.3 is 0 Å². The molecule has 0 bridgehead atoms. The first-order valence-electron chi connectivity index (χ1n) is 15.6. The molecule has 0 aliphatic heterocycles. The number of methoxy groups -OCH3 is 1. The molecule has 0 radical (unpaired) electrons. The minimum absolute atomic E-state index is 0.0792. The van der Waals surface area contributed by atoms with Crippen molar-refractivity contribution in [1.82, 2.24) is 0 Å². The molecular weight excluding hydrogens is 556 g/mol. The molecule has 0 saturated carbocycles. The van der Waals surface area contributed by atoms with Crippen LogP contribution in [-0.4, -0.2) is 7.11 Å². The average Bonchev–Trinajstić information content (AvgIpc) is 3.53. The Morgan fingerprint density at radius 2 is 1.56 bits per heavy atom. The van der Waals surface area contributed by atoms with Crippen molar-refractivity contribution in [2.75, 3.05) is 7.11 Å². The van der Waals surface area contributed by atoms with Crippen molar-refractivity contribution < 1.29 is 21.3 Å². The molecule has 0 N–H and O–H groups in total. The van der Waals surface area contributed by atoms with E-state index in [2.05, 4.69) is 120 Å². The number of halogens is 1. The molecule has 3 heteroatoms. The van der Waals surface area contributed by atoms with Crippen LogP contribution >= 0.6 is 11.6 Å². The van der Waals surface area contributed by atoms with Gasteiger partial charge in [0.1, 0.15) is 0 Å². The maximum atomic E-state index is 6.86. The Labute approximate surface area is 257 Å². The van der Waals surface area contributed by atoms with E-state index in [1.165, 1.54) is 74.1 Å². The monoisotopic (exact) mass is 602 g/mol. The Morgan fingerprint density at radius 1 is 0.902 bits per heavy atom. The topological polar surface area (TPSA) is 9.23 Å². The molecule has 0 heterocycles. The van der Waals surface area contributed by atoms with E-state index in [1.807, 2.05) is 7.11 Å². The van der Waals surface area contributed by atoms with Crippen LogP contribution < -0.4 is 4.74 Å². The van der Waals surface area contributed by atoms with Crippen molar-refractivity contribution in [2.45, 2.75) is 84.6 Å². The molecule has 0 fully saturated rings. The van der Waals surface area contributed by atoms with E-state index in [-0.39, 0.29) is 9.13 Å². The number of fused-ring (bicyclic) bond motifs is 3. The molecule has 2 aliphatic carbocycles. The molecule has 41 heavy (non-hydrogen) atoms. The molecule has 216 valence electrons. The molecule has 0 amide bonds. The van der Waals surface area contributed by atoms with E-state index in [0.717, 1.165) is 10.8 Å². The summed E-state index contributed by atoms with van der Waals surface area (Å²) in [5.41, 5.74) is 9.80. The minimum atomic E-state index is -2.98. The van der Waals surface area contributed by atoms with Crippen LogP contribution in [0, 0.1) is 5.41 Å². The third kappa shape index (κ3) is 5.33. The molecule has 3 aromatic carbocycles. The Hall–Kier alpha value is -2.06. The van der Waals surface area contributed by atoms with Crippen molar-refractivity contribution in [3.05, 3.63) is 101 Å². The van der Waals surface area contributed by atoms with Gasteiger partial charge in [0.05, 0.1) is 0 Å². The van der Waals surface area contributed by atoms with Gasteiger partial charge in [0.2, 0.25) is 0 Å². The van der Waals surface area contributed by atoms with Gasteiger partial charge in [-0.1, -0.05) is 0 Å². The zero-order valence-electron chi connectivity index (χ0n) is 26.1. The third-order valence-electron chi connectivity index (χ3n) is 9.90. The predicted octanol–water partition coefficient (Wildman–Crippen LogP) is 12.4. The number of rotatable bonds is 10. The summed E-state index contributed by atoms with van der Waals surface area (Å²) in [6.45, 7) is 14.4. The summed E-state index contributed by atoms with van der Waals surface area (Å²) >= 11 is 3.88. The van der Waals surface area contributed by atoms with Gasteiger partial charge in [-0.25, -0.2) is 0 Å². The van der Waals surface area contributed by atoms with E-state index < -0.39 is 16.6 Å². The fraction of sp³-hybridized carbons (Fsp3) is 0.421. The Morgan fingerprint density at radius 3 is 2.15 bits per heavy atom. The van der Waals surface area contributed by atoms with Gasteiger partial charge in [0, 0.05) is 0 Å². The van der Waals surface area contributed by atoms with E-state index in [9.17, 15) is 0 Å². The second kappa shape index (κ2) is 11.9. The van der Waals surface area contributed by atoms with Gasteiger partial charge in [-0.2, -0.15) is 0 Å². The van der Waals surface area contributed by atoms with Crippen molar-refractivity contribution in [1.29, 1.82) is 0 Å². The number of hydrogen-bond donors (Lipinski definition) is 0. The first kappa shape index (κ1) is 30.4. The molecule has 0 aromatic heterocycles. The summed E-state index contributed by atoms with van der Waals surface area (Å²) in [5.74, 6) is 0.978. The van der Waals surface area contributed by atoms with Crippen LogP contribution in [0.3, 0.4) is 0 Å². The number of hydrogen-bond acceptors (Lipinski definition) is 1. The summed E-state index contributed by atoms with van der Waals surface area (Å²) in [5, 5.41) is 0.835. The summed E-state index contributed by atoms with van der Waals surface area (Å²) in [7, 11) is 1.82. The number of ether oxygens (including phenoxy) is 1. The van der Waals surface area contributed by atoms with Crippen molar-refractivity contribution in [3.63, 3.8) is 0 Å². The quantitative estimate of drug-likeness (QED) is 0.210. The van der Waals surface area contributed by atoms with E-state index in [4.69, 9.17) is 16.3 Å². The Kier molecular flexibility index (Phi) is 8.83. The SMILES string of the molecule is CCC[CH2][Ti]([CH2]CCC)([CH]1c2cc(Cl)ccc2-c2c(OC)ccc(-c3ccccc3)c21)[C]1(C)C=CC(C(C)(C)C)=C1. The summed E-state index contributed by atoms with van der Waals surface area (Å²) in [6.07, 6.45) is 12.8. The summed E-state index contributed by atoms with van der Waals surface area (Å²) < 4.78 is 9.26. The van der Waals surface area contributed by atoms with Crippen LogP contribution in [0.15, 0.2) is 84.5 Å². The first-order chi connectivity index (χ1) is 19.6. The standard InChI is InChI=1S/C20H14ClO.C10H15.2C4H9.Ti/c1-22-19-10-9-16(13-5-3-2-4-6-13)18-12-14-11-15(21)7-8-17(14)20(18)19;1-8-5-6-9(7-8)10(2,3)4;2*1-3-4-2;/h2-12H,1H3;5-7H,1-4H3;2*1,3-4H2,2H3;. The van der Waals surface area contributed by atoms with Gasteiger partial charge in [-0.05, 0) is 0 Å². The molecule has 0 saturated heterocycles. The van der Waals surface area contributed by atoms with Gasteiger partial charge in [-0.3, -0.25) is 0 Å². The van der Waals surface area contributed by atoms with E-state index >= 15 is 0 Å². The second-order valence-corrected chi connectivity index (χ2v) is 21.7. The maximum absolute atomic E-state index is 6.86. The normalized spacial score (nSPS) is 19.7. The van der Waals surface area contributed by atoms with Crippen LogP contribution in [0.2, 0.25) is 18.2 Å². The summed E-state index contributed by atoms with van der Waals surface area (Å²) in [6, 6.07) is 22.2. The average molecular weight is 603 g/mol. The van der Waals surface area contributed by atoms with Gasteiger partial charge in [-0.15, -0.1) is 0 Å². The van der Waals surface area contributed by atoms with Crippen LogP contribution in [0.4, 0.5) is 0 Å². The number of allylic oxidation sites excluding steroid dienone is 4. The first-order valence-corrected chi connectivity index (χ1v) is 19.9. The van der Waals surface area contributed by atoms with Crippen LogP contribution in [0.25, 0.3) is 22.3 Å². The van der Waals surface area contributed by atoms with E-state index in [0.29, 0.717) is 4.22 Å². The van der Waals surface area contributed by atoms with Gasteiger partial charge >= 0.3 is 259 Å². The predicted molar refractivity (Wildman–Crippen MR) is 175 cm³/mol. The molecule has 2 unspecified atom stereocenters. The molecule has 5 rings (SSSR count). The number of benzene rings is 3. The summed E-state index contributed by atoms with van der Waals surface area (Å²) in [4.78, 5) is 0. The zero-order valence-corrected chi connectivity index (χ0v) is 28.4. The second-order valence-electron chi connectivity index (χ2n) is 13.5. The van der Waals surface area contributed by atoms with Crippen molar-refractivity contribution in [3.8, 4) is 28.0 Å². The van der Waals surface area contributed by atoms with Crippen molar-refractivity contribution in [2.24, 2.45) is 5.41 Å².